The van der Waals surface area contributed by atoms with Gasteiger partial charge < -0.3 is 5.73 Å². The lowest BCUT2D eigenvalue weighted by Gasteiger charge is -2.29. The number of rotatable bonds is 2. The van der Waals surface area contributed by atoms with Crippen LogP contribution >= 0.6 is 31.9 Å². The normalized spacial score (nSPS) is 15.2. The maximum Gasteiger partial charge on any atom is 0.142 e. The number of aromatic nitrogens is 1. The van der Waals surface area contributed by atoms with E-state index in [0.717, 1.165) is 49.0 Å². The molecule has 0 unspecified atom stereocenters. The quantitative estimate of drug-likeness (QED) is 0.480. The van der Waals surface area contributed by atoms with Gasteiger partial charge in [0, 0.05) is 33.2 Å². The Morgan fingerprint density at radius 1 is 1.03 bits per heavy atom. The molecule has 0 saturated carbocycles. The minimum atomic E-state index is 0.274. The lowest BCUT2D eigenvalue weighted by atomic mass is 9.89. The van der Waals surface area contributed by atoms with E-state index >= 15 is 0 Å². The highest BCUT2D eigenvalue weighted by atomic mass is 79.9. The number of fused-ring (bicyclic) bond motifs is 1. The molecule has 0 amide bonds. The van der Waals surface area contributed by atoms with Gasteiger partial charge in [-0.1, -0.05) is 56.1 Å². The van der Waals surface area contributed by atoms with Crippen molar-refractivity contribution in [2.75, 3.05) is 19.3 Å². The van der Waals surface area contributed by atoms with Crippen LogP contribution in [-0.4, -0.2) is 23.5 Å². The van der Waals surface area contributed by atoms with Crippen molar-refractivity contribution in [1.29, 1.82) is 5.26 Å². The summed E-state index contributed by atoms with van der Waals surface area (Å²) in [7, 11) is 2.08. The first-order valence-corrected chi connectivity index (χ1v) is 10.7. The standard InChI is InChI=1S/C23H18Br2N4/c1-29-12-16(10-14-2-6-17(24)7-3-14)22-20(13-29)21(19(11-26)23(27)28-22)15-4-8-18(25)9-5-15/h2-10H,12-13H2,1H3,(H2,27,28)/b16-10-. The van der Waals surface area contributed by atoms with E-state index in [2.05, 4.69) is 73.1 Å². The molecule has 0 aliphatic carbocycles. The topological polar surface area (TPSA) is 65.9 Å². The van der Waals surface area contributed by atoms with Crippen molar-refractivity contribution in [2.45, 2.75) is 6.54 Å². The zero-order valence-electron chi connectivity index (χ0n) is 15.8. The second-order valence-corrected chi connectivity index (χ2v) is 8.92. The maximum atomic E-state index is 9.80. The first kappa shape index (κ1) is 19.8. The van der Waals surface area contributed by atoms with E-state index in [1.807, 2.05) is 36.4 Å². The summed E-state index contributed by atoms with van der Waals surface area (Å²) >= 11 is 6.96. The number of benzene rings is 2. The maximum absolute atomic E-state index is 9.80. The van der Waals surface area contributed by atoms with E-state index in [9.17, 15) is 5.26 Å². The summed E-state index contributed by atoms with van der Waals surface area (Å²) in [4.78, 5) is 6.89. The average Bonchev–Trinajstić information content (AvgIpc) is 2.70. The van der Waals surface area contributed by atoms with Crippen molar-refractivity contribution in [3.8, 4) is 17.2 Å². The number of halogens is 2. The molecular weight excluding hydrogens is 492 g/mol. The Labute approximate surface area is 186 Å². The Balaban J connectivity index is 1.95. The fourth-order valence-electron chi connectivity index (χ4n) is 3.67. The lowest BCUT2D eigenvalue weighted by Crippen LogP contribution is -2.28. The summed E-state index contributed by atoms with van der Waals surface area (Å²) in [5.74, 6) is 0.274. The molecule has 1 aliphatic rings. The molecule has 4 nitrogen and oxygen atoms in total. The molecule has 0 fully saturated rings. The third kappa shape index (κ3) is 3.99. The predicted molar refractivity (Wildman–Crippen MR) is 125 cm³/mol. The Morgan fingerprint density at radius 2 is 1.66 bits per heavy atom. The number of hydrogen-bond donors (Lipinski definition) is 1. The van der Waals surface area contributed by atoms with Crippen molar-refractivity contribution in [3.05, 3.63) is 79.9 Å². The van der Waals surface area contributed by atoms with E-state index in [1.165, 1.54) is 0 Å². The molecule has 2 heterocycles. The minimum absolute atomic E-state index is 0.274. The molecule has 29 heavy (non-hydrogen) atoms. The summed E-state index contributed by atoms with van der Waals surface area (Å²) < 4.78 is 2.03. The largest absolute Gasteiger partial charge is 0.383 e. The van der Waals surface area contributed by atoms with Gasteiger partial charge in [-0.3, -0.25) is 4.90 Å². The van der Waals surface area contributed by atoms with Crippen LogP contribution in [0.1, 0.15) is 22.4 Å². The number of anilines is 1. The van der Waals surface area contributed by atoms with Crippen LogP contribution in [0.3, 0.4) is 0 Å². The van der Waals surface area contributed by atoms with Gasteiger partial charge in [0.25, 0.3) is 0 Å². The summed E-state index contributed by atoms with van der Waals surface area (Å²) in [5, 5.41) is 9.80. The fraction of sp³-hybridized carbons (Fsp3) is 0.130. The monoisotopic (exact) mass is 508 g/mol. The van der Waals surface area contributed by atoms with Crippen LogP contribution in [-0.2, 0) is 6.54 Å². The molecule has 2 N–H and O–H groups in total. The van der Waals surface area contributed by atoms with Crippen LogP contribution in [0.15, 0.2) is 57.5 Å². The predicted octanol–water partition coefficient (Wildman–Crippen LogP) is 5.71. The molecule has 1 aromatic heterocycles. The van der Waals surface area contributed by atoms with Gasteiger partial charge in [0.2, 0.25) is 0 Å². The molecule has 4 rings (SSSR count). The minimum Gasteiger partial charge on any atom is -0.383 e. The highest BCUT2D eigenvalue weighted by Gasteiger charge is 2.26. The van der Waals surface area contributed by atoms with Gasteiger partial charge >= 0.3 is 0 Å². The van der Waals surface area contributed by atoms with Crippen molar-refractivity contribution < 1.29 is 0 Å². The van der Waals surface area contributed by atoms with E-state index in [4.69, 9.17) is 5.73 Å². The third-order valence-electron chi connectivity index (χ3n) is 4.95. The number of nitrogen functional groups attached to an aromatic ring is 1. The molecule has 0 atom stereocenters. The van der Waals surface area contributed by atoms with Crippen LogP contribution < -0.4 is 5.73 Å². The van der Waals surface area contributed by atoms with E-state index in [0.29, 0.717) is 12.1 Å². The average molecular weight is 510 g/mol. The molecule has 144 valence electrons. The summed E-state index contributed by atoms with van der Waals surface area (Å²) in [6, 6.07) is 18.4. The van der Waals surface area contributed by atoms with Gasteiger partial charge in [0.1, 0.15) is 17.5 Å². The molecular formula is C23H18Br2N4. The zero-order valence-corrected chi connectivity index (χ0v) is 19.0. The molecule has 0 saturated heterocycles. The number of nitrogens with two attached hydrogens (primary N) is 1. The molecule has 6 heteroatoms. The zero-order chi connectivity index (χ0) is 20.5. The first-order chi connectivity index (χ1) is 14.0. The van der Waals surface area contributed by atoms with Crippen LogP contribution in [0.25, 0.3) is 22.8 Å². The second kappa shape index (κ2) is 8.11. The van der Waals surface area contributed by atoms with Crippen LogP contribution in [0.2, 0.25) is 0 Å². The number of nitriles is 1. The smallest absolute Gasteiger partial charge is 0.142 e. The van der Waals surface area contributed by atoms with Gasteiger partial charge in [-0.25, -0.2) is 4.98 Å². The van der Waals surface area contributed by atoms with Crippen LogP contribution in [0.4, 0.5) is 5.82 Å². The van der Waals surface area contributed by atoms with Crippen molar-refractivity contribution >= 4 is 49.3 Å². The highest BCUT2D eigenvalue weighted by molar-refractivity contribution is 9.10. The number of likely N-dealkylation sites (N-methyl/N-ethyl adjacent to an activating group) is 1. The Bertz CT molecular complexity index is 1140. The lowest BCUT2D eigenvalue weighted by molar-refractivity contribution is 0.358. The van der Waals surface area contributed by atoms with Crippen molar-refractivity contribution in [3.63, 3.8) is 0 Å². The van der Waals surface area contributed by atoms with Gasteiger partial charge in [0.05, 0.1) is 5.69 Å². The Kier molecular flexibility index (Phi) is 5.55. The first-order valence-electron chi connectivity index (χ1n) is 9.09. The second-order valence-electron chi connectivity index (χ2n) is 7.09. The molecule has 0 radical (unpaired) electrons. The van der Waals surface area contributed by atoms with Crippen LogP contribution in [0, 0.1) is 11.3 Å². The molecule has 0 spiro atoms. The van der Waals surface area contributed by atoms with Crippen molar-refractivity contribution in [2.24, 2.45) is 0 Å². The molecule has 0 bridgehead atoms. The van der Waals surface area contributed by atoms with Crippen LogP contribution in [0.5, 0.6) is 0 Å². The number of hydrogen-bond acceptors (Lipinski definition) is 4. The summed E-state index contributed by atoms with van der Waals surface area (Å²) in [6.07, 6.45) is 2.14. The summed E-state index contributed by atoms with van der Waals surface area (Å²) in [6.45, 7) is 1.47. The van der Waals surface area contributed by atoms with Gasteiger partial charge in [-0.15, -0.1) is 0 Å². The number of pyridine rings is 1. The van der Waals surface area contributed by atoms with E-state index < -0.39 is 0 Å². The van der Waals surface area contributed by atoms with Crippen molar-refractivity contribution in [1.82, 2.24) is 9.88 Å². The van der Waals surface area contributed by atoms with E-state index in [-0.39, 0.29) is 5.82 Å². The van der Waals surface area contributed by atoms with E-state index in [1.54, 1.807) is 0 Å². The fourth-order valence-corrected chi connectivity index (χ4v) is 4.20. The molecule has 2 aromatic carbocycles. The van der Waals surface area contributed by atoms with Gasteiger partial charge in [-0.05, 0) is 54.1 Å². The van der Waals surface area contributed by atoms with Gasteiger partial charge in [0.15, 0.2) is 0 Å². The molecule has 3 aromatic rings. The summed E-state index contributed by atoms with van der Waals surface area (Å²) in [5.41, 5.74) is 12.6. The Morgan fingerprint density at radius 3 is 2.28 bits per heavy atom. The highest BCUT2D eigenvalue weighted by Crippen LogP contribution is 2.38. The van der Waals surface area contributed by atoms with Gasteiger partial charge in [-0.2, -0.15) is 5.26 Å². The number of nitrogens with zero attached hydrogens (tertiary/aromatic N) is 3. The Hall–Kier alpha value is -2.46. The molecule has 1 aliphatic heterocycles. The SMILES string of the molecule is CN1C/C(=C/c2ccc(Br)cc2)c2nc(N)c(C#N)c(-c3ccc(Br)cc3)c2C1. The third-order valence-corrected chi connectivity index (χ3v) is 6.01.